The average Bonchev–Trinajstić information content (AvgIpc) is 2.65. The van der Waals surface area contributed by atoms with Crippen LogP contribution in [0.1, 0.15) is 12.5 Å². The van der Waals surface area contributed by atoms with Crippen LogP contribution in [0.4, 0.5) is 0 Å². The van der Waals surface area contributed by atoms with Crippen molar-refractivity contribution < 1.29 is 14.3 Å². The maximum absolute atomic E-state index is 12.1. The van der Waals surface area contributed by atoms with E-state index in [1.54, 1.807) is 0 Å². The molecule has 0 saturated carbocycles. The molecule has 1 amide bonds. The maximum Gasteiger partial charge on any atom is 0.258 e. The van der Waals surface area contributed by atoms with Crippen molar-refractivity contribution in [3.63, 3.8) is 0 Å². The van der Waals surface area contributed by atoms with Crippen molar-refractivity contribution in [1.82, 2.24) is 5.32 Å². The van der Waals surface area contributed by atoms with Gasteiger partial charge in [-0.25, -0.2) is 0 Å². The molecule has 134 valence electrons. The highest BCUT2D eigenvalue weighted by Crippen LogP contribution is 2.20. The van der Waals surface area contributed by atoms with Crippen LogP contribution in [0.25, 0.3) is 10.8 Å². The molecule has 0 aliphatic carbocycles. The molecule has 0 aliphatic heterocycles. The topological polar surface area (TPSA) is 47.6 Å². The Morgan fingerprint density at radius 2 is 1.69 bits per heavy atom. The van der Waals surface area contributed by atoms with Gasteiger partial charge in [0.05, 0.1) is 6.04 Å². The number of benzene rings is 3. The van der Waals surface area contributed by atoms with Crippen LogP contribution < -0.4 is 14.8 Å². The summed E-state index contributed by atoms with van der Waals surface area (Å²) in [6.45, 7) is 4.29. The number of para-hydroxylation sites is 1. The third-order valence-corrected chi connectivity index (χ3v) is 4.08. The van der Waals surface area contributed by atoms with Crippen LogP contribution in [0, 0.1) is 6.92 Å². The smallest absolute Gasteiger partial charge is 0.258 e. The first kappa shape index (κ1) is 17.8. The average molecular weight is 349 g/mol. The molecule has 4 nitrogen and oxygen atoms in total. The molecule has 0 unspecified atom stereocenters. The number of aryl methyl sites for hydroxylation is 1. The van der Waals surface area contributed by atoms with Gasteiger partial charge in [0.2, 0.25) is 0 Å². The lowest BCUT2D eigenvalue weighted by Crippen LogP contribution is -2.39. The Kier molecular flexibility index (Phi) is 5.74. The van der Waals surface area contributed by atoms with Crippen LogP contribution in [0.2, 0.25) is 0 Å². The van der Waals surface area contributed by atoms with E-state index in [4.69, 9.17) is 9.47 Å². The Labute approximate surface area is 153 Å². The van der Waals surface area contributed by atoms with Gasteiger partial charge >= 0.3 is 0 Å². The summed E-state index contributed by atoms with van der Waals surface area (Å²) in [5.41, 5.74) is 1.07. The quantitative estimate of drug-likeness (QED) is 0.698. The van der Waals surface area contributed by atoms with Crippen molar-refractivity contribution in [3.05, 3.63) is 72.3 Å². The molecule has 0 fully saturated rings. The zero-order valence-corrected chi connectivity index (χ0v) is 15.1. The van der Waals surface area contributed by atoms with Crippen LogP contribution >= 0.6 is 0 Å². The Morgan fingerprint density at radius 1 is 0.962 bits per heavy atom. The molecule has 26 heavy (non-hydrogen) atoms. The van der Waals surface area contributed by atoms with E-state index in [9.17, 15) is 4.79 Å². The molecule has 0 bridgehead atoms. The fraction of sp³-hybridized carbons (Fsp3) is 0.227. The molecule has 1 atom stereocenters. The monoisotopic (exact) mass is 349 g/mol. The molecular weight excluding hydrogens is 326 g/mol. The van der Waals surface area contributed by atoms with Gasteiger partial charge in [-0.05, 0) is 48.4 Å². The fourth-order valence-corrected chi connectivity index (χ4v) is 2.70. The minimum atomic E-state index is -0.168. The van der Waals surface area contributed by atoms with Crippen molar-refractivity contribution in [2.75, 3.05) is 13.2 Å². The second kappa shape index (κ2) is 8.39. The van der Waals surface area contributed by atoms with Crippen LogP contribution in [0.3, 0.4) is 0 Å². The predicted octanol–water partition coefficient (Wildman–Crippen LogP) is 4.11. The van der Waals surface area contributed by atoms with E-state index in [2.05, 4.69) is 5.32 Å². The standard InChI is InChI=1S/C22H23NO3/c1-16-7-3-6-10-21(16)26-14-17(2)23-22(24)15-25-20-12-11-18-8-4-5-9-19(18)13-20/h3-13,17H,14-15H2,1-2H3,(H,23,24)/t17-/m0/s1. The number of fused-ring (bicyclic) bond motifs is 1. The molecule has 0 radical (unpaired) electrons. The Morgan fingerprint density at radius 3 is 2.50 bits per heavy atom. The molecule has 3 rings (SSSR count). The van der Waals surface area contributed by atoms with Crippen LogP contribution in [0.15, 0.2) is 66.7 Å². The van der Waals surface area contributed by atoms with Crippen LogP contribution in [-0.2, 0) is 4.79 Å². The lowest BCUT2D eigenvalue weighted by Gasteiger charge is -2.16. The first-order chi connectivity index (χ1) is 12.6. The summed E-state index contributed by atoms with van der Waals surface area (Å²) in [5, 5.41) is 5.12. The number of carbonyl (C=O) groups is 1. The number of amides is 1. The highest BCUT2D eigenvalue weighted by Gasteiger charge is 2.10. The summed E-state index contributed by atoms with van der Waals surface area (Å²) in [6, 6.07) is 21.6. The predicted molar refractivity (Wildman–Crippen MR) is 104 cm³/mol. The van der Waals surface area contributed by atoms with Gasteiger partial charge < -0.3 is 14.8 Å². The fourth-order valence-electron chi connectivity index (χ4n) is 2.70. The summed E-state index contributed by atoms with van der Waals surface area (Å²) in [5.74, 6) is 1.35. The van der Waals surface area contributed by atoms with E-state index in [0.29, 0.717) is 12.4 Å². The Bertz CT molecular complexity index is 891. The van der Waals surface area contributed by atoms with E-state index in [0.717, 1.165) is 22.1 Å². The van der Waals surface area contributed by atoms with E-state index < -0.39 is 0 Å². The van der Waals surface area contributed by atoms with Gasteiger partial charge in [0.1, 0.15) is 18.1 Å². The van der Waals surface area contributed by atoms with Crippen molar-refractivity contribution in [2.24, 2.45) is 0 Å². The van der Waals surface area contributed by atoms with E-state index in [1.165, 1.54) is 0 Å². The molecule has 1 N–H and O–H groups in total. The summed E-state index contributed by atoms with van der Waals surface area (Å²) in [7, 11) is 0. The summed E-state index contributed by atoms with van der Waals surface area (Å²) < 4.78 is 11.4. The molecule has 0 aliphatic rings. The molecule has 3 aromatic rings. The molecule has 0 aromatic heterocycles. The van der Waals surface area contributed by atoms with Gasteiger partial charge in [-0.3, -0.25) is 4.79 Å². The maximum atomic E-state index is 12.1. The highest BCUT2D eigenvalue weighted by molar-refractivity contribution is 5.84. The van der Waals surface area contributed by atoms with Gasteiger partial charge in [-0.2, -0.15) is 0 Å². The van der Waals surface area contributed by atoms with Crippen LogP contribution in [0.5, 0.6) is 11.5 Å². The number of hydrogen-bond acceptors (Lipinski definition) is 3. The summed E-state index contributed by atoms with van der Waals surface area (Å²) in [4.78, 5) is 12.1. The van der Waals surface area contributed by atoms with Crippen molar-refractivity contribution in [1.29, 1.82) is 0 Å². The van der Waals surface area contributed by atoms with Crippen molar-refractivity contribution in [2.45, 2.75) is 19.9 Å². The third-order valence-electron chi connectivity index (χ3n) is 4.08. The molecular formula is C22H23NO3. The third kappa shape index (κ3) is 4.76. The van der Waals surface area contributed by atoms with Gasteiger partial charge in [-0.1, -0.05) is 48.5 Å². The van der Waals surface area contributed by atoms with E-state index >= 15 is 0 Å². The largest absolute Gasteiger partial charge is 0.491 e. The second-order valence-electron chi connectivity index (χ2n) is 6.34. The molecule has 3 aromatic carbocycles. The SMILES string of the molecule is Cc1ccccc1OC[C@H](C)NC(=O)COc1ccc2ccccc2c1. The minimum absolute atomic E-state index is 0.0208. The summed E-state index contributed by atoms with van der Waals surface area (Å²) in [6.07, 6.45) is 0. The lowest BCUT2D eigenvalue weighted by atomic mass is 10.1. The second-order valence-corrected chi connectivity index (χ2v) is 6.34. The van der Waals surface area contributed by atoms with E-state index in [-0.39, 0.29) is 18.6 Å². The zero-order chi connectivity index (χ0) is 18.4. The highest BCUT2D eigenvalue weighted by atomic mass is 16.5. The molecule has 0 saturated heterocycles. The number of nitrogens with one attached hydrogen (secondary N) is 1. The van der Waals surface area contributed by atoms with Gasteiger partial charge in [-0.15, -0.1) is 0 Å². The minimum Gasteiger partial charge on any atom is -0.491 e. The van der Waals surface area contributed by atoms with Crippen LogP contribution in [-0.4, -0.2) is 25.2 Å². The van der Waals surface area contributed by atoms with Gasteiger partial charge in [0, 0.05) is 0 Å². The normalized spacial score (nSPS) is 11.8. The lowest BCUT2D eigenvalue weighted by molar-refractivity contribution is -0.123. The first-order valence-electron chi connectivity index (χ1n) is 8.71. The number of rotatable bonds is 7. The number of hydrogen-bond donors (Lipinski definition) is 1. The molecule has 4 heteroatoms. The summed E-state index contributed by atoms with van der Waals surface area (Å²) >= 11 is 0. The Hall–Kier alpha value is -3.01. The van der Waals surface area contributed by atoms with Crippen molar-refractivity contribution in [3.8, 4) is 11.5 Å². The van der Waals surface area contributed by atoms with Gasteiger partial charge in [0.25, 0.3) is 5.91 Å². The molecule has 0 spiro atoms. The Balaban J connectivity index is 1.46. The first-order valence-corrected chi connectivity index (χ1v) is 8.71. The zero-order valence-electron chi connectivity index (χ0n) is 15.1. The van der Waals surface area contributed by atoms with Gasteiger partial charge in [0.15, 0.2) is 6.61 Å². The van der Waals surface area contributed by atoms with Crippen molar-refractivity contribution >= 4 is 16.7 Å². The van der Waals surface area contributed by atoms with E-state index in [1.807, 2.05) is 80.6 Å². The number of ether oxygens (including phenoxy) is 2. The number of carbonyl (C=O) groups excluding carboxylic acids is 1. The molecule has 0 heterocycles.